The highest BCUT2D eigenvalue weighted by Crippen LogP contribution is 2.47. The summed E-state index contributed by atoms with van der Waals surface area (Å²) in [4.78, 5) is 30.2. The Morgan fingerprint density at radius 2 is 1.87 bits per heavy atom. The molecule has 0 fully saturated rings. The molecule has 0 radical (unpaired) electrons. The van der Waals surface area contributed by atoms with Gasteiger partial charge in [0.05, 0.1) is 18.0 Å². The van der Waals surface area contributed by atoms with Gasteiger partial charge in [0.25, 0.3) is 5.91 Å². The van der Waals surface area contributed by atoms with Gasteiger partial charge in [-0.15, -0.1) is 11.8 Å². The van der Waals surface area contributed by atoms with Gasteiger partial charge in [-0.1, -0.05) is 29.8 Å². The van der Waals surface area contributed by atoms with Crippen LogP contribution in [0.3, 0.4) is 0 Å². The van der Waals surface area contributed by atoms with Crippen LogP contribution in [-0.4, -0.2) is 57.2 Å². The van der Waals surface area contributed by atoms with Crippen LogP contribution in [-0.2, 0) is 14.3 Å². The molecule has 0 aliphatic carbocycles. The Morgan fingerprint density at radius 3 is 2.47 bits per heavy atom. The molecule has 0 aromatic heterocycles. The fourth-order valence-electron chi connectivity index (χ4n) is 3.36. The maximum Gasteiger partial charge on any atom is 0.303 e. The molecule has 1 aliphatic heterocycles. The molecule has 2 aromatic rings. The second-order valence-corrected chi connectivity index (χ2v) is 8.79. The number of benzene rings is 2. The number of hydrogen-bond donors (Lipinski definition) is 0. The van der Waals surface area contributed by atoms with E-state index >= 15 is 0 Å². The van der Waals surface area contributed by atoms with E-state index in [9.17, 15) is 9.59 Å². The van der Waals surface area contributed by atoms with Crippen molar-refractivity contribution in [1.82, 2.24) is 4.90 Å². The number of nitrogens with zero attached hydrogens (tertiary/aromatic N) is 2. The van der Waals surface area contributed by atoms with E-state index in [2.05, 4.69) is 0 Å². The van der Waals surface area contributed by atoms with Crippen LogP contribution in [0.5, 0.6) is 5.75 Å². The van der Waals surface area contributed by atoms with Crippen LogP contribution in [0.2, 0.25) is 0 Å². The Morgan fingerprint density at radius 1 is 1.17 bits per heavy atom. The van der Waals surface area contributed by atoms with Crippen LogP contribution in [0.25, 0.3) is 0 Å². The molecular formula is C23H28N2O4S. The summed E-state index contributed by atoms with van der Waals surface area (Å²) in [5.41, 5.74) is 2.87. The minimum atomic E-state index is -0.921. The zero-order valence-electron chi connectivity index (χ0n) is 18.0. The van der Waals surface area contributed by atoms with Crippen LogP contribution in [0, 0.1) is 6.92 Å². The first-order valence-corrected chi connectivity index (χ1v) is 10.7. The molecule has 3 rings (SSSR count). The lowest BCUT2D eigenvalue weighted by molar-refractivity contribution is -0.152. The second kappa shape index (κ2) is 9.53. The Balaban J connectivity index is 2.12. The van der Waals surface area contributed by atoms with Gasteiger partial charge < -0.3 is 19.3 Å². The number of amides is 1. The summed E-state index contributed by atoms with van der Waals surface area (Å²) in [5, 5.41) is -0.364. The van der Waals surface area contributed by atoms with Gasteiger partial charge in [-0.05, 0) is 44.8 Å². The molecule has 0 saturated carbocycles. The van der Waals surface area contributed by atoms with Gasteiger partial charge in [0.2, 0.25) is 0 Å². The summed E-state index contributed by atoms with van der Waals surface area (Å²) in [6, 6.07) is 13.7. The molecule has 0 N–H and O–H groups in total. The number of fused-ring (bicyclic) bond motifs is 1. The van der Waals surface area contributed by atoms with Crippen molar-refractivity contribution in [3.8, 4) is 5.75 Å². The van der Waals surface area contributed by atoms with E-state index in [0.717, 1.165) is 27.5 Å². The molecule has 0 saturated heterocycles. The highest BCUT2D eigenvalue weighted by atomic mass is 32.2. The van der Waals surface area contributed by atoms with E-state index < -0.39 is 12.1 Å². The van der Waals surface area contributed by atoms with E-state index in [1.165, 1.54) is 18.7 Å². The predicted octanol–water partition coefficient (Wildman–Crippen LogP) is 3.68. The Kier molecular flexibility index (Phi) is 7.05. The smallest absolute Gasteiger partial charge is 0.303 e. The number of aryl methyl sites for hydroxylation is 1. The lowest BCUT2D eigenvalue weighted by Crippen LogP contribution is -2.45. The molecule has 1 aliphatic rings. The maximum absolute atomic E-state index is 13.6. The van der Waals surface area contributed by atoms with Gasteiger partial charge in [0, 0.05) is 24.9 Å². The first kappa shape index (κ1) is 22.2. The van der Waals surface area contributed by atoms with Crippen molar-refractivity contribution < 1.29 is 19.1 Å². The van der Waals surface area contributed by atoms with Gasteiger partial charge in [0.1, 0.15) is 5.75 Å². The van der Waals surface area contributed by atoms with E-state index in [1.54, 1.807) is 12.0 Å². The standard InChI is InChI=1S/C23H28N2O4S/c1-15-6-8-17(9-7-15)22-21(29-16(2)26)23(27)25(13-12-24(3)4)19-11-10-18(28-5)14-20(19)30-22/h6-11,14,21-22H,12-13H2,1-5H3. The third-order valence-corrected chi connectivity index (χ3v) is 6.32. The largest absolute Gasteiger partial charge is 0.497 e. The van der Waals surface area contributed by atoms with Gasteiger partial charge >= 0.3 is 5.97 Å². The molecule has 2 aromatic carbocycles. The van der Waals surface area contributed by atoms with Crippen molar-refractivity contribution in [3.05, 3.63) is 53.6 Å². The third-order valence-electron chi connectivity index (χ3n) is 4.97. The van der Waals surface area contributed by atoms with Crippen molar-refractivity contribution in [1.29, 1.82) is 0 Å². The van der Waals surface area contributed by atoms with Gasteiger partial charge in [0.15, 0.2) is 6.10 Å². The van der Waals surface area contributed by atoms with E-state index in [1.807, 2.05) is 68.4 Å². The maximum atomic E-state index is 13.6. The second-order valence-electron chi connectivity index (χ2n) is 7.61. The number of likely N-dealkylation sites (N-methyl/N-ethyl adjacent to an activating group) is 1. The van der Waals surface area contributed by atoms with Gasteiger partial charge in [-0.3, -0.25) is 9.59 Å². The lowest BCUT2D eigenvalue weighted by Gasteiger charge is -2.28. The Labute approximate surface area is 182 Å². The number of anilines is 1. The van der Waals surface area contributed by atoms with Crippen LogP contribution < -0.4 is 9.64 Å². The Bertz CT molecular complexity index is 914. The van der Waals surface area contributed by atoms with Crippen molar-refractivity contribution >= 4 is 29.3 Å². The molecule has 0 bridgehead atoms. The highest BCUT2D eigenvalue weighted by molar-refractivity contribution is 7.99. The molecule has 1 heterocycles. The molecule has 7 heteroatoms. The molecule has 0 spiro atoms. The van der Waals surface area contributed by atoms with E-state index in [4.69, 9.17) is 9.47 Å². The first-order valence-electron chi connectivity index (χ1n) is 9.84. The quantitative estimate of drug-likeness (QED) is 0.655. The summed E-state index contributed by atoms with van der Waals surface area (Å²) in [6.07, 6.45) is -0.921. The summed E-state index contributed by atoms with van der Waals surface area (Å²) >= 11 is 1.52. The zero-order valence-corrected chi connectivity index (χ0v) is 18.9. The third kappa shape index (κ3) is 4.96. The summed E-state index contributed by atoms with van der Waals surface area (Å²) in [7, 11) is 5.55. The number of carbonyl (C=O) groups excluding carboxylic acids is 2. The monoisotopic (exact) mass is 428 g/mol. The Hall–Kier alpha value is -2.51. The van der Waals surface area contributed by atoms with Crippen LogP contribution in [0.1, 0.15) is 23.3 Å². The summed E-state index contributed by atoms with van der Waals surface area (Å²) in [5.74, 6) is 0.0334. The number of carbonyl (C=O) groups is 2. The minimum absolute atomic E-state index is 0.214. The number of ether oxygens (including phenoxy) is 2. The topological polar surface area (TPSA) is 59.1 Å². The number of methoxy groups -OCH3 is 1. The summed E-state index contributed by atoms with van der Waals surface area (Å²) in [6.45, 7) is 4.53. The summed E-state index contributed by atoms with van der Waals surface area (Å²) < 4.78 is 11.0. The zero-order chi connectivity index (χ0) is 21.8. The van der Waals surface area contributed by atoms with Gasteiger partial charge in [-0.25, -0.2) is 0 Å². The highest BCUT2D eigenvalue weighted by Gasteiger charge is 2.40. The average Bonchev–Trinajstić information content (AvgIpc) is 2.81. The van der Waals surface area contributed by atoms with Crippen molar-refractivity contribution in [2.45, 2.75) is 30.1 Å². The molecule has 2 unspecified atom stereocenters. The van der Waals surface area contributed by atoms with Crippen molar-refractivity contribution in [2.75, 3.05) is 39.2 Å². The van der Waals surface area contributed by atoms with E-state index in [-0.39, 0.29) is 11.2 Å². The first-order chi connectivity index (χ1) is 14.3. The van der Waals surface area contributed by atoms with Crippen LogP contribution in [0.15, 0.2) is 47.4 Å². The van der Waals surface area contributed by atoms with Gasteiger partial charge in [-0.2, -0.15) is 0 Å². The average molecular weight is 429 g/mol. The number of esters is 1. The fourth-order valence-corrected chi connectivity index (χ4v) is 4.71. The molecule has 160 valence electrons. The molecule has 6 nitrogen and oxygen atoms in total. The van der Waals surface area contributed by atoms with Crippen LogP contribution in [0.4, 0.5) is 5.69 Å². The SMILES string of the molecule is COc1ccc2c(c1)SC(c1ccc(C)cc1)C(OC(C)=O)C(=O)N2CCN(C)C. The molecule has 30 heavy (non-hydrogen) atoms. The lowest BCUT2D eigenvalue weighted by atomic mass is 10.0. The molecule has 1 amide bonds. The number of rotatable bonds is 6. The van der Waals surface area contributed by atoms with Crippen molar-refractivity contribution in [2.24, 2.45) is 0 Å². The van der Waals surface area contributed by atoms with E-state index in [0.29, 0.717) is 13.1 Å². The predicted molar refractivity (Wildman–Crippen MR) is 119 cm³/mol. The van der Waals surface area contributed by atoms with Crippen molar-refractivity contribution in [3.63, 3.8) is 0 Å². The molecule has 2 atom stereocenters. The number of hydrogen-bond acceptors (Lipinski definition) is 6. The minimum Gasteiger partial charge on any atom is -0.497 e. The fraction of sp³-hybridized carbons (Fsp3) is 0.391. The molecular weight excluding hydrogens is 400 g/mol. The normalized spacial score (nSPS) is 18.7. The van der Waals surface area contributed by atoms with Crippen LogP contribution >= 0.6 is 11.8 Å². The number of thioether (sulfide) groups is 1.